The SMILES string of the molecule is CCCC(COC)NS(=O)(=O)c1cc(N)ccc1Br. The molecule has 19 heavy (non-hydrogen) atoms. The maximum Gasteiger partial charge on any atom is 0.242 e. The summed E-state index contributed by atoms with van der Waals surface area (Å²) in [4.78, 5) is 0.143. The normalized spacial score (nSPS) is 13.4. The average molecular weight is 351 g/mol. The van der Waals surface area contributed by atoms with Gasteiger partial charge >= 0.3 is 0 Å². The molecule has 1 aromatic rings. The molecule has 1 aromatic carbocycles. The highest BCUT2D eigenvalue weighted by atomic mass is 79.9. The summed E-state index contributed by atoms with van der Waals surface area (Å²) in [5, 5.41) is 0. The van der Waals surface area contributed by atoms with Crippen molar-refractivity contribution in [2.75, 3.05) is 19.5 Å². The van der Waals surface area contributed by atoms with E-state index in [-0.39, 0.29) is 10.9 Å². The van der Waals surface area contributed by atoms with Crippen molar-refractivity contribution in [3.05, 3.63) is 22.7 Å². The monoisotopic (exact) mass is 350 g/mol. The molecular formula is C12H19BrN2O3S. The number of ether oxygens (including phenoxy) is 1. The third-order valence-electron chi connectivity index (χ3n) is 2.57. The van der Waals surface area contributed by atoms with E-state index < -0.39 is 10.0 Å². The Morgan fingerprint density at radius 3 is 2.74 bits per heavy atom. The van der Waals surface area contributed by atoms with Crippen LogP contribution in [0.2, 0.25) is 0 Å². The maximum atomic E-state index is 12.3. The van der Waals surface area contributed by atoms with E-state index in [9.17, 15) is 8.42 Å². The first-order valence-electron chi connectivity index (χ1n) is 5.97. The van der Waals surface area contributed by atoms with Crippen LogP contribution in [0.1, 0.15) is 19.8 Å². The number of hydrogen-bond acceptors (Lipinski definition) is 4. The molecular weight excluding hydrogens is 332 g/mol. The van der Waals surface area contributed by atoms with Gasteiger partial charge in [0.05, 0.1) is 11.5 Å². The molecule has 0 aliphatic carbocycles. The van der Waals surface area contributed by atoms with Gasteiger partial charge in [-0.15, -0.1) is 0 Å². The zero-order valence-electron chi connectivity index (χ0n) is 11.0. The first-order valence-corrected chi connectivity index (χ1v) is 8.24. The Bertz CT molecular complexity index is 514. The highest BCUT2D eigenvalue weighted by Gasteiger charge is 2.22. The molecule has 3 N–H and O–H groups in total. The van der Waals surface area contributed by atoms with Crippen LogP contribution in [0.15, 0.2) is 27.6 Å². The number of nitrogen functional groups attached to an aromatic ring is 1. The number of nitrogens with two attached hydrogens (primary N) is 1. The predicted molar refractivity (Wildman–Crippen MR) is 79.4 cm³/mol. The molecule has 0 aromatic heterocycles. The van der Waals surface area contributed by atoms with E-state index >= 15 is 0 Å². The van der Waals surface area contributed by atoms with E-state index in [0.29, 0.717) is 23.2 Å². The molecule has 0 fully saturated rings. The minimum atomic E-state index is -3.61. The summed E-state index contributed by atoms with van der Waals surface area (Å²) in [6, 6.07) is 4.45. The van der Waals surface area contributed by atoms with Crippen LogP contribution < -0.4 is 10.5 Å². The predicted octanol–water partition coefficient (Wildman–Crippen LogP) is 2.12. The quantitative estimate of drug-likeness (QED) is 0.738. The van der Waals surface area contributed by atoms with Crippen molar-refractivity contribution < 1.29 is 13.2 Å². The number of hydrogen-bond donors (Lipinski definition) is 2. The second-order valence-corrected chi connectivity index (χ2v) is 6.79. The Balaban J connectivity index is 2.99. The van der Waals surface area contributed by atoms with Crippen molar-refractivity contribution in [3.63, 3.8) is 0 Å². The first kappa shape index (κ1) is 16.4. The fourth-order valence-corrected chi connectivity index (χ4v) is 3.99. The lowest BCUT2D eigenvalue weighted by Crippen LogP contribution is -2.38. The molecule has 5 nitrogen and oxygen atoms in total. The molecule has 0 saturated carbocycles. The molecule has 1 atom stereocenters. The highest BCUT2D eigenvalue weighted by Crippen LogP contribution is 2.24. The van der Waals surface area contributed by atoms with Crippen molar-refractivity contribution in [1.29, 1.82) is 0 Å². The Hall–Kier alpha value is -0.630. The van der Waals surface area contributed by atoms with Crippen molar-refractivity contribution >= 4 is 31.6 Å². The molecule has 0 radical (unpaired) electrons. The summed E-state index contributed by atoms with van der Waals surface area (Å²) in [5.74, 6) is 0. The van der Waals surface area contributed by atoms with E-state index in [2.05, 4.69) is 20.7 Å². The lowest BCUT2D eigenvalue weighted by atomic mass is 10.2. The van der Waals surface area contributed by atoms with E-state index in [4.69, 9.17) is 10.5 Å². The van der Waals surface area contributed by atoms with Gasteiger partial charge in [0, 0.05) is 23.3 Å². The molecule has 0 amide bonds. The molecule has 1 rings (SSSR count). The summed E-state index contributed by atoms with van der Waals surface area (Å²) in [7, 11) is -2.06. The highest BCUT2D eigenvalue weighted by molar-refractivity contribution is 9.10. The van der Waals surface area contributed by atoms with Gasteiger partial charge < -0.3 is 10.5 Å². The summed E-state index contributed by atoms with van der Waals surface area (Å²) >= 11 is 3.23. The zero-order chi connectivity index (χ0) is 14.5. The molecule has 0 heterocycles. The molecule has 0 saturated heterocycles. The minimum absolute atomic E-state index is 0.143. The van der Waals surface area contributed by atoms with Gasteiger partial charge in [-0.3, -0.25) is 0 Å². The van der Waals surface area contributed by atoms with Crippen LogP contribution in [0.4, 0.5) is 5.69 Å². The topological polar surface area (TPSA) is 81.4 Å². The lowest BCUT2D eigenvalue weighted by Gasteiger charge is -2.18. The Kier molecular flexibility index (Phi) is 6.25. The molecule has 1 unspecified atom stereocenters. The number of anilines is 1. The van der Waals surface area contributed by atoms with Crippen molar-refractivity contribution in [2.45, 2.75) is 30.7 Å². The Morgan fingerprint density at radius 1 is 1.47 bits per heavy atom. The molecule has 0 aliphatic rings. The smallest absolute Gasteiger partial charge is 0.242 e. The standard InChI is InChI=1S/C12H19BrN2O3S/c1-3-4-10(8-18-2)15-19(16,17)12-7-9(14)5-6-11(12)13/h5-7,10,15H,3-4,8,14H2,1-2H3. The van der Waals surface area contributed by atoms with Crippen LogP contribution in [-0.2, 0) is 14.8 Å². The third kappa shape index (κ3) is 4.76. The molecule has 0 bridgehead atoms. The van der Waals surface area contributed by atoms with Gasteiger partial charge in [0.15, 0.2) is 0 Å². The summed E-state index contributed by atoms with van der Waals surface area (Å²) in [6.45, 7) is 2.33. The number of rotatable bonds is 7. The van der Waals surface area contributed by atoms with E-state index in [1.54, 1.807) is 19.2 Å². The third-order valence-corrected chi connectivity index (χ3v) is 5.09. The summed E-state index contributed by atoms with van der Waals surface area (Å²) in [5.41, 5.74) is 6.04. The Morgan fingerprint density at radius 2 is 2.16 bits per heavy atom. The second kappa shape index (κ2) is 7.23. The summed E-state index contributed by atoms with van der Waals surface area (Å²) in [6.07, 6.45) is 1.58. The van der Waals surface area contributed by atoms with E-state index in [1.807, 2.05) is 6.92 Å². The van der Waals surface area contributed by atoms with Crippen LogP contribution in [0.25, 0.3) is 0 Å². The van der Waals surface area contributed by atoms with Gasteiger partial charge in [-0.2, -0.15) is 0 Å². The van der Waals surface area contributed by atoms with Gasteiger partial charge in [0.1, 0.15) is 0 Å². The van der Waals surface area contributed by atoms with Crippen LogP contribution in [0.5, 0.6) is 0 Å². The fraction of sp³-hybridized carbons (Fsp3) is 0.500. The van der Waals surface area contributed by atoms with E-state index in [0.717, 1.165) is 6.42 Å². The van der Waals surface area contributed by atoms with Gasteiger partial charge in [0.2, 0.25) is 10.0 Å². The molecule has 108 valence electrons. The van der Waals surface area contributed by atoms with Crippen molar-refractivity contribution in [3.8, 4) is 0 Å². The Labute approximate surface area is 122 Å². The lowest BCUT2D eigenvalue weighted by molar-refractivity contribution is 0.171. The number of benzene rings is 1. The maximum absolute atomic E-state index is 12.3. The van der Waals surface area contributed by atoms with Gasteiger partial charge in [-0.25, -0.2) is 13.1 Å². The van der Waals surface area contributed by atoms with Gasteiger partial charge in [0.25, 0.3) is 0 Å². The number of methoxy groups -OCH3 is 1. The van der Waals surface area contributed by atoms with Crippen LogP contribution in [-0.4, -0.2) is 28.2 Å². The van der Waals surface area contributed by atoms with Crippen molar-refractivity contribution in [1.82, 2.24) is 4.72 Å². The number of nitrogens with one attached hydrogen (secondary N) is 1. The van der Waals surface area contributed by atoms with Crippen LogP contribution in [0.3, 0.4) is 0 Å². The molecule has 0 aliphatic heterocycles. The average Bonchev–Trinajstić information content (AvgIpc) is 2.32. The zero-order valence-corrected chi connectivity index (χ0v) is 13.4. The molecule has 0 spiro atoms. The van der Waals surface area contributed by atoms with E-state index in [1.165, 1.54) is 6.07 Å². The molecule has 7 heteroatoms. The van der Waals surface area contributed by atoms with Gasteiger partial charge in [-0.1, -0.05) is 13.3 Å². The fourth-order valence-electron chi connectivity index (χ4n) is 1.73. The van der Waals surface area contributed by atoms with Crippen molar-refractivity contribution in [2.24, 2.45) is 0 Å². The largest absolute Gasteiger partial charge is 0.399 e. The van der Waals surface area contributed by atoms with Gasteiger partial charge in [-0.05, 0) is 40.5 Å². The number of sulfonamides is 1. The second-order valence-electron chi connectivity index (χ2n) is 4.25. The minimum Gasteiger partial charge on any atom is -0.399 e. The van der Waals surface area contributed by atoms with Crippen LogP contribution >= 0.6 is 15.9 Å². The summed E-state index contributed by atoms with van der Waals surface area (Å²) < 4.78 is 32.8. The first-order chi connectivity index (χ1) is 8.90. The number of halogens is 1. The van der Waals surface area contributed by atoms with Crippen LogP contribution in [0, 0.1) is 0 Å².